The average molecular weight is 144 g/mol. The summed E-state index contributed by atoms with van der Waals surface area (Å²) in [5.41, 5.74) is 11.0. The van der Waals surface area contributed by atoms with E-state index >= 15 is 0 Å². The highest BCUT2D eigenvalue weighted by molar-refractivity contribution is 4.58. The third-order valence-corrected chi connectivity index (χ3v) is 1.77. The molecule has 4 N–H and O–H groups in total. The Morgan fingerprint density at radius 1 is 1.10 bits per heavy atom. The zero-order valence-electron chi connectivity index (χ0n) is 7.14. The maximum Gasteiger partial charge on any atom is 0.00105 e. The Kier molecular flexibility index (Phi) is 5.64. The van der Waals surface area contributed by atoms with E-state index in [1.807, 2.05) is 0 Å². The SMILES string of the molecule is CC(N)CCC(C)CCN. The molecule has 10 heavy (non-hydrogen) atoms. The number of hydrogen-bond donors (Lipinski definition) is 2. The van der Waals surface area contributed by atoms with E-state index in [2.05, 4.69) is 13.8 Å². The Morgan fingerprint density at radius 3 is 2.10 bits per heavy atom. The average Bonchev–Trinajstić information content (AvgIpc) is 1.85. The van der Waals surface area contributed by atoms with Crippen LogP contribution in [0.5, 0.6) is 0 Å². The van der Waals surface area contributed by atoms with Gasteiger partial charge in [-0.15, -0.1) is 0 Å². The topological polar surface area (TPSA) is 52.0 Å². The summed E-state index contributed by atoms with van der Waals surface area (Å²) in [5.74, 6) is 0.746. The largest absolute Gasteiger partial charge is 0.330 e. The lowest BCUT2D eigenvalue weighted by Crippen LogP contribution is -2.16. The molecule has 0 aliphatic rings. The van der Waals surface area contributed by atoms with Gasteiger partial charge in [-0.3, -0.25) is 0 Å². The number of hydrogen-bond acceptors (Lipinski definition) is 2. The van der Waals surface area contributed by atoms with Gasteiger partial charge in [0.25, 0.3) is 0 Å². The summed E-state index contributed by atoms with van der Waals surface area (Å²) in [5, 5.41) is 0. The van der Waals surface area contributed by atoms with Crippen molar-refractivity contribution in [1.29, 1.82) is 0 Å². The van der Waals surface area contributed by atoms with E-state index < -0.39 is 0 Å². The number of rotatable bonds is 5. The van der Waals surface area contributed by atoms with Gasteiger partial charge in [0.15, 0.2) is 0 Å². The van der Waals surface area contributed by atoms with Crippen molar-refractivity contribution in [2.75, 3.05) is 6.54 Å². The molecule has 0 bridgehead atoms. The van der Waals surface area contributed by atoms with Gasteiger partial charge in [-0.2, -0.15) is 0 Å². The van der Waals surface area contributed by atoms with E-state index in [9.17, 15) is 0 Å². The summed E-state index contributed by atoms with van der Waals surface area (Å²) in [6, 6.07) is 0.347. The zero-order valence-corrected chi connectivity index (χ0v) is 7.14. The van der Waals surface area contributed by atoms with Crippen LogP contribution in [0.25, 0.3) is 0 Å². The van der Waals surface area contributed by atoms with Crippen molar-refractivity contribution in [2.24, 2.45) is 17.4 Å². The van der Waals surface area contributed by atoms with Crippen LogP contribution in [-0.2, 0) is 0 Å². The second-order valence-electron chi connectivity index (χ2n) is 3.24. The van der Waals surface area contributed by atoms with Gasteiger partial charge in [0.05, 0.1) is 0 Å². The lowest BCUT2D eigenvalue weighted by Gasteiger charge is -2.10. The molecule has 0 aromatic heterocycles. The molecule has 2 heteroatoms. The molecule has 0 spiro atoms. The van der Waals surface area contributed by atoms with Gasteiger partial charge in [0.2, 0.25) is 0 Å². The summed E-state index contributed by atoms with van der Waals surface area (Å²) in [6.45, 7) is 5.09. The van der Waals surface area contributed by atoms with Crippen molar-refractivity contribution in [2.45, 2.75) is 39.2 Å². The highest BCUT2D eigenvalue weighted by Gasteiger charge is 2.01. The molecule has 0 aliphatic heterocycles. The summed E-state index contributed by atoms with van der Waals surface area (Å²) in [4.78, 5) is 0. The first-order valence-electron chi connectivity index (χ1n) is 4.12. The Hall–Kier alpha value is -0.0800. The standard InChI is InChI=1S/C8H20N2/c1-7(5-6-9)3-4-8(2)10/h7-8H,3-6,9-10H2,1-2H3. The summed E-state index contributed by atoms with van der Waals surface area (Å²) in [6.07, 6.45) is 3.47. The van der Waals surface area contributed by atoms with Crippen molar-refractivity contribution in [3.63, 3.8) is 0 Å². The fourth-order valence-corrected chi connectivity index (χ4v) is 0.976. The molecule has 0 aromatic carbocycles. The first-order valence-corrected chi connectivity index (χ1v) is 4.12. The molecular formula is C8H20N2. The van der Waals surface area contributed by atoms with Gasteiger partial charge >= 0.3 is 0 Å². The molecule has 0 saturated carbocycles. The predicted molar refractivity (Wildman–Crippen MR) is 45.7 cm³/mol. The number of nitrogens with two attached hydrogens (primary N) is 2. The molecular weight excluding hydrogens is 124 g/mol. The van der Waals surface area contributed by atoms with Crippen LogP contribution in [0.3, 0.4) is 0 Å². The van der Waals surface area contributed by atoms with Gasteiger partial charge in [0, 0.05) is 6.04 Å². The van der Waals surface area contributed by atoms with Crippen LogP contribution < -0.4 is 11.5 Å². The van der Waals surface area contributed by atoms with Crippen LogP contribution in [0.4, 0.5) is 0 Å². The monoisotopic (exact) mass is 144 g/mol. The summed E-state index contributed by atoms with van der Waals surface area (Å²) >= 11 is 0. The molecule has 0 heterocycles. The molecule has 2 atom stereocenters. The van der Waals surface area contributed by atoms with E-state index in [1.54, 1.807) is 0 Å². The van der Waals surface area contributed by atoms with Gasteiger partial charge in [-0.1, -0.05) is 6.92 Å². The molecule has 0 radical (unpaired) electrons. The van der Waals surface area contributed by atoms with Crippen molar-refractivity contribution < 1.29 is 0 Å². The normalized spacial score (nSPS) is 16.8. The minimum atomic E-state index is 0.347. The maximum absolute atomic E-state index is 5.61. The second kappa shape index (κ2) is 5.69. The Morgan fingerprint density at radius 2 is 1.70 bits per heavy atom. The van der Waals surface area contributed by atoms with Crippen molar-refractivity contribution in [3.05, 3.63) is 0 Å². The highest BCUT2D eigenvalue weighted by Crippen LogP contribution is 2.09. The second-order valence-corrected chi connectivity index (χ2v) is 3.24. The molecule has 0 amide bonds. The van der Waals surface area contributed by atoms with Crippen LogP contribution in [0, 0.1) is 5.92 Å². The predicted octanol–water partition coefficient (Wildman–Crippen LogP) is 1.10. The van der Waals surface area contributed by atoms with E-state index in [0.717, 1.165) is 25.3 Å². The zero-order chi connectivity index (χ0) is 7.98. The van der Waals surface area contributed by atoms with E-state index in [-0.39, 0.29) is 0 Å². The third kappa shape index (κ3) is 6.05. The highest BCUT2D eigenvalue weighted by atomic mass is 14.6. The van der Waals surface area contributed by atoms with Crippen molar-refractivity contribution >= 4 is 0 Å². The maximum atomic E-state index is 5.61. The van der Waals surface area contributed by atoms with Gasteiger partial charge < -0.3 is 11.5 Å². The van der Waals surface area contributed by atoms with Crippen LogP contribution in [0.15, 0.2) is 0 Å². The van der Waals surface area contributed by atoms with Crippen molar-refractivity contribution in [3.8, 4) is 0 Å². The Balaban J connectivity index is 3.12. The Labute approximate surface area is 64.0 Å². The van der Waals surface area contributed by atoms with E-state index in [1.165, 1.54) is 6.42 Å². The molecule has 2 unspecified atom stereocenters. The quantitative estimate of drug-likeness (QED) is 0.607. The van der Waals surface area contributed by atoms with Gasteiger partial charge in [0.1, 0.15) is 0 Å². The van der Waals surface area contributed by atoms with Crippen LogP contribution in [0.2, 0.25) is 0 Å². The molecule has 0 fully saturated rings. The van der Waals surface area contributed by atoms with E-state index in [4.69, 9.17) is 11.5 Å². The first kappa shape index (κ1) is 9.92. The minimum Gasteiger partial charge on any atom is -0.330 e. The molecule has 2 nitrogen and oxygen atoms in total. The smallest absolute Gasteiger partial charge is 0.00105 e. The van der Waals surface area contributed by atoms with Crippen molar-refractivity contribution in [1.82, 2.24) is 0 Å². The lowest BCUT2D eigenvalue weighted by atomic mass is 10.00. The van der Waals surface area contributed by atoms with Gasteiger partial charge in [-0.25, -0.2) is 0 Å². The minimum absolute atomic E-state index is 0.347. The fourth-order valence-electron chi connectivity index (χ4n) is 0.976. The third-order valence-electron chi connectivity index (χ3n) is 1.77. The fraction of sp³-hybridized carbons (Fsp3) is 1.00. The van der Waals surface area contributed by atoms with Gasteiger partial charge in [-0.05, 0) is 38.6 Å². The van der Waals surface area contributed by atoms with Crippen LogP contribution >= 0.6 is 0 Å². The molecule has 0 rings (SSSR count). The molecule has 0 saturated heterocycles. The molecule has 62 valence electrons. The van der Waals surface area contributed by atoms with Crippen LogP contribution in [-0.4, -0.2) is 12.6 Å². The summed E-state index contributed by atoms with van der Waals surface area (Å²) < 4.78 is 0. The first-order chi connectivity index (χ1) is 4.66. The van der Waals surface area contributed by atoms with E-state index in [0.29, 0.717) is 6.04 Å². The lowest BCUT2D eigenvalue weighted by molar-refractivity contribution is 0.458. The molecule has 0 aliphatic carbocycles. The molecule has 0 aromatic rings. The Bertz CT molecular complexity index is 71.7. The van der Waals surface area contributed by atoms with Crippen LogP contribution in [0.1, 0.15) is 33.1 Å². The summed E-state index contributed by atoms with van der Waals surface area (Å²) in [7, 11) is 0.